The molecular weight excluding hydrogens is 328 g/mol. The van der Waals surface area contributed by atoms with Gasteiger partial charge < -0.3 is 14.9 Å². The summed E-state index contributed by atoms with van der Waals surface area (Å²) in [6.07, 6.45) is 25.9. The van der Waals surface area contributed by atoms with E-state index < -0.39 is 5.97 Å². The highest BCUT2D eigenvalue weighted by atomic mass is 16.6. The summed E-state index contributed by atoms with van der Waals surface area (Å²) >= 11 is 0. The van der Waals surface area contributed by atoms with Gasteiger partial charge >= 0.3 is 5.97 Å². The van der Waals surface area contributed by atoms with Crippen LogP contribution in [0.2, 0.25) is 0 Å². The van der Waals surface area contributed by atoms with Crippen LogP contribution in [0.5, 0.6) is 0 Å². The molecule has 1 saturated heterocycles. The van der Waals surface area contributed by atoms with Gasteiger partial charge in [0.15, 0.2) is 0 Å². The molecule has 0 aromatic rings. The Morgan fingerprint density at radius 3 is 2.31 bits per heavy atom. The molecule has 0 aromatic carbocycles. The highest BCUT2D eigenvalue weighted by Gasteiger charge is 2.35. The van der Waals surface area contributed by atoms with Crippen molar-refractivity contribution in [3.05, 3.63) is 60.4 Å². The summed E-state index contributed by atoms with van der Waals surface area (Å²) < 4.78 is 5.54. The number of epoxide rings is 1. The largest absolute Gasteiger partial charge is 0.508 e. The number of aliphatic carboxylic acids is 1. The fraction of sp³-hybridized carbons (Fsp3) is 0.500. The summed E-state index contributed by atoms with van der Waals surface area (Å²) in [6.45, 7) is 2.19. The highest BCUT2D eigenvalue weighted by molar-refractivity contribution is 5.80. The molecule has 0 radical (unpaired) electrons. The predicted octanol–water partition coefficient (Wildman–Crippen LogP) is 5.65. The standard InChI is InChI=1S/C22H32O4/c1-2-20-21(26-20)16-14-12-10-8-6-4-3-5-7-9-11-13-15-19(23)17-18-22(24)25/h3,5,7,9,11,13,15,17-18,20-21,23H,2,4,6,8,10,12,14,16H2,1H3,(H,24,25)/b5-3+,9-7+,13-11+,18-17+,19-15-. The molecule has 1 aliphatic rings. The SMILES string of the molecule is CCC1OC1CCCCCCC/C=C/C=C/C=C/C=C(O)/C=C/C(=O)O. The van der Waals surface area contributed by atoms with Crippen molar-refractivity contribution in [1.82, 2.24) is 0 Å². The molecule has 2 unspecified atom stereocenters. The lowest BCUT2D eigenvalue weighted by Gasteiger charge is -1.98. The Labute approximate surface area is 157 Å². The van der Waals surface area contributed by atoms with E-state index in [1.807, 2.05) is 18.2 Å². The van der Waals surface area contributed by atoms with E-state index in [-0.39, 0.29) is 5.76 Å². The number of unbranched alkanes of at least 4 members (excludes halogenated alkanes) is 5. The van der Waals surface area contributed by atoms with Crippen molar-refractivity contribution in [3.8, 4) is 0 Å². The number of hydrogen-bond donors (Lipinski definition) is 2. The fourth-order valence-electron chi connectivity index (χ4n) is 2.66. The highest BCUT2D eigenvalue weighted by Crippen LogP contribution is 2.29. The number of ether oxygens (including phenoxy) is 1. The van der Waals surface area contributed by atoms with Crippen LogP contribution in [0, 0.1) is 0 Å². The van der Waals surface area contributed by atoms with Gasteiger partial charge in [-0.3, -0.25) is 0 Å². The van der Waals surface area contributed by atoms with Gasteiger partial charge in [-0.1, -0.05) is 69.1 Å². The Morgan fingerprint density at radius 1 is 0.885 bits per heavy atom. The van der Waals surface area contributed by atoms with Gasteiger partial charge in [0.05, 0.1) is 12.2 Å². The molecule has 0 aromatic heterocycles. The zero-order chi connectivity index (χ0) is 19.0. The van der Waals surface area contributed by atoms with Gasteiger partial charge in [-0.05, 0) is 37.8 Å². The Kier molecular flexibility index (Phi) is 11.9. The number of carbonyl (C=O) groups is 1. The van der Waals surface area contributed by atoms with Crippen LogP contribution in [0.15, 0.2) is 60.4 Å². The molecule has 1 aliphatic heterocycles. The third-order valence-electron chi connectivity index (χ3n) is 4.19. The van der Waals surface area contributed by atoms with Gasteiger partial charge in [0.1, 0.15) is 5.76 Å². The van der Waals surface area contributed by atoms with Gasteiger partial charge in [0.25, 0.3) is 0 Å². The van der Waals surface area contributed by atoms with Crippen molar-refractivity contribution in [1.29, 1.82) is 0 Å². The van der Waals surface area contributed by atoms with Crippen molar-refractivity contribution in [3.63, 3.8) is 0 Å². The average Bonchev–Trinajstić information content (AvgIpc) is 3.38. The van der Waals surface area contributed by atoms with Crippen LogP contribution in [0.25, 0.3) is 0 Å². The van der Waals surface area contributed by atoms with Gasteiger partial charge in [-0.25, -0.2) is 4.79 Å². The molecule has 0 spiro atoms. The topological polar surface area (TPSA) is 70.1 Å². The van der Waals surface area contributed by atoms with E-state index in [0.717, 1.165) is 25.0 Å². The first kappa shape index (κ1) is 22.0. The fourth-order valence-corrected chi connectivity index (χ4v) is 2.66. The van der Waals surface area contributed by atoms with Crippen molar-refractivity contribution >= 4 is 5.97 Å². The van der Waals surface area contributed by atoms with Crippen LogP contribution in [-0.2, 0) is 9.53 Å². The third-order valence-corrected chi connectivity index (χ3v) is 4.19. The van der Waals surface area contributed by atoms with Crippen LogP contribution in [0.3, 0.4) is 0 Å². The predicted molar refractivity (Wildman–Crippen MR) is 106 cm³/mol. The number of rotatable bonds is 14. The minimum absolute atomic E-state index is 0.0950. The molecule has 0 aliphatic carbocycles. The second kappa shape index (κ2) is 14.1. The number of carboxylic acids is 1. The van der Waals surface area contributed by atoms with Crippen LogP contribution >= 0.6 is 0 Å². The molecule has 4 heteroatoms. The number of allylic oxidation sites excluding steroid dienone is 8. The first-order chi connectivity index (χ1) is 12.6. The lowest BCUT2D eigenvalue weighted by Crippen LogP contribution is -1.92. The molecule has 4 nitrogen and oxygen atoms in total. The van der Waals surface area contributed by atoms with E-state index in [1.165, 1.54) is 44.6 Å². The van der Waals surface area contributed by atoms with Crippen molar-refractivity contribution in [2.24, 2.45) is 0 Å². The van der Waals surface area contributed by atoms with Crippen LogP contribution in [0.4, 0.5) is 0 Å². The first-order valence-corrected chi connectivity index (χ1v) is 9.59. The maximum atomic E-state index is 10.3. The van der Waals surface area contributed by atoms with Crippen molar-refractivity contribution in [2.45, 2.75) is 70.5 Å². The zero-order valence-corrected chi connectivity index (χ0v) is 15.7. The Hall–Kier alpha value is -2.07. The van der Waals surface area contributed by atoms with Gasteiger partial charge in [0.2, 0.25) is 0 Å². The van der Waals surface area contributed by atoms with Crippen LogP contribution in [-0.4, -0.2) is 28.4 Å². The first-order valence-electron chi connectivity index (χ1n) is 9.59. The molecular formula is C22H32O4. The van der Waals surface area contributed by atoms with E-state index in [9.17, 15) is 9.90 Å². The maximum absolute atomic E-state index is 10.3. The number of carboxylic acid groups (broad SMARTS) is 1. The summed E-state index contributed by atoms with van der Waals surface area (Å²) in [5.74, 6) is -1.18. The summed E-state index contributed by atoms with van der Waals surface area (Å²) in [5.41, 5.74) is 0. The Balaban J connectivity index is 1.95. The lowest BCUT2D eigenvalue weighted by atomic mass is 10.1. The molecule has 2 N–H and O–H groups in total. The molecule has 26 heavy (non-hydrogen) atoms. The molecule has 0 saturated carbocycles. The Morgan fingerprint density at radius 2 is 1.58 bits per heavy atom. The van der Waals surface area contributed by atoms with Crippen LogP contribution < -0.4 is 0 Å². The minimum Gasteiger partial charge on any atom is -0.508 e. The molecule has 0 amide bonds. The number of hydrogen-bond acceptors (Lipinski definition) is 3. The smallest absolute Gasteiger partial charge is 0.328 e. The second-order valence-corrected chi connectivity index (χ2v) is 6.43. The zero-order valence-electron chi connectivity index (χ0n) is 15.7. The Bertz CT molecular complexity index is 540. The van der Waals surface area contributed by atoms with Crippen molar-refractivity contribution < 1.29 is 19.7 Å². The monoisotopic (exact) mass is 360 g/mol. The summed E-state index contributed by atoms with van der Waals surface area (Å²) in [7, 11) is 0. The van der Waals surface area contributed by atoms with Gasteiger partial charge in [-0.15, -0.1) is 0 Å². The van der Waals surface area contributed by atoms with E-state index >= 15 is 0 Å². The summed E-state index contributed by atoms with van der Waals surface area (Å²) in [4.78, 5) is 10.3. The molecule has 0 bridgehead atoms. The van der Waals surface area contributed by atoms with E-state index in [2.05, 4.69) is 13.0 Å². The molecule has 144 valence electrons. The third kappa shape index (κ3) is 12.3. The number of aliphatic hydroxyl groups is 1. The lowest BCUT2D eigenvalue weighted by molar-refractivity contribution is -0.131. The molecule has 1 fully saturated rings. The van der Waals surface area contributed by atoms with E-state index in [0.29, 0.717) is 12.2 Å². The van der Waals surface area contributed by atoms with Crippen LogP contribution in [0.1, 0.15) is 58.3 Å². The van der Waals surface area contributed by atoms with Gasteiger partial charge in [-0.2, -0.15) is 0 Å². The molecule has 1 heterocycles. The summed E-state index contributed by atoms with van der Waals surface area (Å²) in [5, 5.41) is 17.8. The average molecular weight is 360 g/mol. The molecule has 1 rings (SSSR count). The number of aliphatic hydroxyl groups excluding tert-OH is 1. The maximum Gasteiger partial charge on any atom is 0.328 e. The second-order valence-electron chi connectivity index (χ2n) is 6.43. The van der Waals surface area contributed by atoms with E-state index in [1.54, 1.807) is 12.2 Å². The van der Waals surface area contributed by atoms with E-state index in [4.69, 9.17) is 9.84 Å². The molecule has 2 atom stereocenters. The van der Waals surface area contributed by atoms with Crippen molar-refractivity contribution in [2.75, 3.05) is 0 Å². The normalized spacial score (nSPS) is 20.9. The summed E-state index contributed by atoms with van der Waals surface area (Å²) in [6, 6.07) is 0. The quantitative estimate of drug-likeness (QED) is 0.138. The van der Waals surface area contributed by atoms with Gasteiger partial charge in [0, 0.05) is 6.08 Å². The minimum atomic E-state index is -1.09.